The SMILES string of the molecule is COC(=O)C(C)(C)Cn1cc(I)c2nc(F)cnc21. The summed E-state index contributed by atoms with van der Waals surface area (Å²) in [6.07, 6.45) is 2.87. The highest BCUT2D eigenvalue weighted by molar-refractivity contribution is 14.1. The molecule has 0 radical (unpaired) electrons. The average Bonchev–Trinajstić information content (AvgIpc) is 2.64. The largest absolute Gasteiger partial charge is 0.469 e. The van der Waals surface area contributed by atoms with Crippen LogP contribution in [0, 0.1) is 14.9 Å². The van der Waals surface area contributed by atoms with Gasteiger partial charge in [0, 0.05) is 12.7 Å². The van der Waals surface area contributed by atoms with Crippen LogP contribution < -0.4 is 0 Å². The molecule has 0 atom stereocenters. The molecule has 0 N–H and O–H groups in total. The molecule has 0 aromatic carbocycles. The van der Waals surface area contributed by atoms with E-state index in [2.05, 4.69) is 32.6 Å². The molecule has 0 saturated carbocycles. The van der Waals surface area contributed by atoms with Gasteiger partial charge in [0.15, 0.2) is 5.65 Å². The topological polar surface area (TPSA) is 57.0 Å². The Bertz CT molecular complexity index is 639. The van der Waals surface area contributed by atoms with Crippen LogP contribution in [-0.4, -0.2) is 27.6 Å². The molecule has 0 aliphatic carbocycles. The number of ether oxygens (including phenoxy) is 1. The van der Waals surface area contributed by atoms with Crippen LogP contribution in [0.15, 0.2) is 12.4 Å². The summed E-state index contributed by atoms with van der Waals surface area (Å²) >= 11 is 2.07. The van der Waals surface area contributed by atoms with Crippen LogP contribution in [0.1, 0.15) is 13.8 Å². The van der Waals surface area contributed by atoms with Crippen molar-refractivity contribution in [2.75, 3.05) is 7.11 Å². The molecule has 2 aromatic heterocycles. The summed E-state index contributed by atoms with van der Waals surface area (Å²) < 4.78 is 20.4. The molecule has 0 amide bonds. The zero-order valence-electron chi connectivity index (χ0n) is 10.8. The van der Waals surface area contributed by atoms with Gasteiger partial charge in [0.25, 0.3) is 0 Å². The van der Waals surface area contributed by atoms with Crippen LogP contribution in [0.25, 0.3) is 11.2 Å². The average molecular weight is 377 g/mol. The Balaban J connectivity index is 2.44. The van der Waals surface area contributed by atoms with Gasteiger partial charge in [-0.3, -0.25) is 4.79 Å². The second kappa shape index (κ2) is 5.03. The van der Waals surface area contributed by atoms with E-state index in [0.29, 0.717) is 17.7 Å². The number of carbonyl (C=O) groups excluding carboxylic acids is 1. The molecule has 0 saturated heterocycles. The number of fused-ring (bicyclic) bond motifs is 1. The fourth-order valence-electron chi connectivity index (χ4n) is 1.88. The summed E-state index contributed by atoms with van der Waals surface area (Å²) in [5, 5.41) is 0. The lowest BCUT2D eigenvalue weighted by atomic mass is 9.94. The number of carbonyl (C=O) groups is 1. The van der Waals surface area contributed by atoms with Crippen LogP contribution in [0.5, 0.6) is 0 Å². The van der Waals surface area contributed by atoms with E-state index < -0.39 is 11.4 Å². The lowest BCUT2D eigenvalue weighted by Gasteiger charge is -2.22. The van der Waals surface area contributed by atoms with Crippen LogP contribution in [0.3, 0.4) is 0 Å². The number of aromatic nitrogens is 3. The fraction of sp³-hybridized carbons (Fsp3) is 0.417. The van der Waals surface area contributed by atoms with E-state index >= 15 is 0 Å². The third kappa shape index (κ3) is 2.70. The molecule has 0 bridgehead atoms. The predicted octanol–water partition coefficient (Wildman–Crippen LogP) is 2.37. The second-order valence-electron chi connectivity index (χ2n) is 4.85. The van der Waals surface area contributed by atoms with E-state index in [9.17, 15) is 9.18 Å². The van der Waals surface area contributed by atoms with Crippen LogP contribution in [0.4, 0.5) is 4.39 Å². The minimum absolute atomic E-state index is 0.306. The third-order valence-electron chi connectivity index (χ3n) is 2.79. The van der Waals surface area contributed by atoms with Crippen molar-refractivity contribution < 1.29 is 13.9 Å². The Hall–Kier alpha value is -1.25. The van der Waals surface area contributed by atoms with Crippen molar-refractivity contribution in [2.45, 2.75) is 20.4 Å². The van der Waals surface area contributed by atoms with Gasteiger partial charge >= 0.3 is 5.97 Å². The molecule has 5 nitrogen and oxygen atoms in total. The van der Waals surface area contributed by atoms with Gasteiger partial charge in [-0.15, -0.1) is 0 Å². The van der Waals surface area contributed by atoms with E-state index in [1.165, 1.54) is 7.11 Å². The zero-order valence-corrected chi connectivity index (χ0v) is 12.9. The monoisotopic (exact) mass is 377 g/mol. The van der Waals surface area contributed by atoms with Crippen molar-refractivity contribution in [1.29, 1.82) is 0 Å². The normalized spacial score (nSPS) is 11.8. The standard InChI is InChI=1S/C12H13FIN3O2/c1-12(2,11(18)19-3)6-17-5-7(14)9-10(17)15-4-8(13)16-9/h4-5H,6H2,1-3H3. The molecule has 0 aliphatic rings. The number of rotatable bonds is 3. The lowest BCUT2D eigenvalue weighted by Crippen LogP contribution is -2.30. The Kier molecular flexibility index (Phi) is 3.75. The van der Waals surface area contributed by atoms with E-state index in [0.717, 1.165) is 9.77 Å². The van der Waals surface area contributed by atoms with Gasteiger partial charge < -0.3 is 9.30 Å². The lowest BCUT2D eigenvalue weighted by molar-refractivity contribution is -0.151. The molecule has 0 fully saturated rings. The molecule has 0 aliphatic heterocycles. The number of hydrogen-bond acceptors (Lipinski definition) is 4. The van der Waals surface area contributed by atoms with Gasteiger partial charge in [0.05, 0.1) is 22.3 Å². The summed E-state index contributed by atoms with van der Waals surface area (Å²) in [4.78, 5) is 19.6. The molecule has 0 unspecified atom stereocenters. The van der Waals surface area contributed by atoms with E-state index in [1.807, 2.05) is 0 Å². The molecular formula is C12H13FIN3O2. The first kappa shape index (κ1) is 14.2. The summed E-state index contributed by atoms with van der Waals surface area (Å²) in [6.45, 7) is 3.96. The molecule has 102 valence electrons. The first-order valence-electron chi connectivity index (χ1n) is 5.60. The van der Waals surface area contributed by atoms with Crippen molar-refractivity contribution in [3.05, 3.63) is 21.9 Å². The fourth-order valence-corrected chi connectivity index (χ4v) is 2.58. The Labute approximate surface area is 123 Å². The third-order valence-corrected chi connectivity index (χ3v) is 3.58. The number of methoxy groups -OCH3 is 1. The molecule has 2 heterocycles. The maximum absolute atomic E-state index is 13.1. The molecule has 7 heteroatoms. The van der Waals surface area contributed by atoms with Crippen LogP contribution >= 0.6 is 22.6 Å². The predicted molar refractivity (Wildman–Crippen MR) is 76.0 cm³/mol. The highest BCUT2D eigenvalue weighted by Crippen LogP contribution is 2.25. The minimum atomic E-state index is -0.695. The maximum Gasteiger partial charge on any atom is 0.313 e. The number of halogens is 2. The van der Waals surface area contributed by atoms with E-state index in [4.69, 9.17) is 4.74 Å². The number of nitrogens with zero attached hydrogens (tertiary/aromatic N) is 3. The summed E-state index contributed by atoms with van der Waals surface area (Å²) in [5.74, 6) is -0.921. The molecule has 2 aromatic rings. The second-order valence-corrected chi connectivity index (χ2v) is 6.01. The Morgan fingerprint density at radius 3 is 2.89 bits per heavy atom. The van der Waals surface area contributed by atoms with Crippen molar-refractivity contribution in [3.8, 4) is 0 Å². The highest BCUT2D eigenvalue weighted by Gasteiger charge is 2.30. The van der Waals surface area contributed by atoms with Crippen molar-refractivity contribution in [2.24, 2.45) is 5.41 Å². The van der Waals surface area contributed by atoms with Gasteiger partial charge in [-0.1, -0.05) is 0 Å². The van der Waals surface area contributed by atoms with Gasteiger partial charge in [0.1, 0.15) is 5.52 Å². The van der Waals surface area contributed by atoms with Crippen LogP contribution in [0.2, 0.25) is 0 Å². The number of hydrogen-bond donors (Lipinski definition) is 0. The van der Waals surface area contributed by atoms with Gasteiger partial charge in [0.2, 0.25) is 5.95 Å². The molecule has 0 spiro atoms. The molecule has 19 heavy (non-hydrogen) atoms. The van der Waals surface area contributed by atoms with E-state index in [-0.39, 0.29) is 5.97 Å². The molecule has 2 rings (SSSR count). The van der Waals surface area contributed by atoms with Crippen molar-refractivity contribution in [1.82, 2.24) is 14.5 Å². The van der Waals surface area contributed by atoms with Gasteiger partial charge in [-0.05, 0) is 36.4 Å². The van der Waals surface area contributed by atoms with E-state index in [1.54, 1.807) is 24.6 Å². The maximum atomic E-state index is 13.1. The minimum Gasteiger partial charge on any atom is -0.469 e. The zero-order chi connectivity index (χ0) is 14.2. The summed E-state index contributed by atoms with van der Waals surface area (Å²) in [7, 11) is 1.36. The summed E-state index contributed by atoms with van der Waals surface area (Å²) in [6, 6.07) is 0. The number of esters is 1. The molecular weight excluding hydrogens is 364 g/mol. The Morgan fingerprint density at radius 1 is 1.58 bits per heavy atom. The van der Waals surface area contributed by atoms with Crippen LogP contribution in [-0.2, 0) is 16.1 Å². The van der Waals surface area contributed by atoms with Crippen molar-refractivity contribution in [3.63, 3.8) is 0 Å². The highest BCUT2D eigenvalue weighted by atomic mass is 127. The smallest absolute Gasteiger partial charge is 0.313 e. The Morgan fingerprint density at radius 2 is 2.26 bits per heavy atom. The van der Waals surface area contributed by atoms with Gasteiger partial charge in [-0.2, -0.15) is 4.39 Å². The quantitative estimate of drug-likeness (QED) is 0.609. The summed E-state index contributed by atoms with van der Waals surface area (Å²) in [5.41, 5.74) is 0.365. The first-order chi connectivity index (χ1) is 8.85. The van der Waals surface area contributed by atoms with Crippen molar-refractivity contribution >= 4 is 39.7 Å². The van der Waals surface area contributed by atoms with Gasteiger partial charge in [-0.25, -0.2) is 9.97 Å². The first-order valence-corrected chi connectivity index (χ1v) is 6.68.